The van der Waals surface area contributed by atoms with E-state index >= 15 is 0 Å². The van der Waals surface area contributed by atoms with Crippen LogP contribution in [-0.2, 0) is 25.7 Å². The average Bonchev–Trinajstić information content (AvgIpc) is 2.46. The minimum Gasteiger partial charge on any atom is -0.465 e. The third-order valence-electron chi connectivity index (χ3n) is 2.30. The summed E-state index contributed by atoms with van der Waals surface area (Å²) < 4.78 is 8.96. The Morgan fingerprint density at radius 2 is 1.89 bits per heavy atom. The fraction of sp³-hybridized carbons (Fsp3) is 0.231. The lowest BCUT2D eigenvalue weighted by atomic mass is 10.2. The molecule has 0 bridgehead atoms. The molecule has 0 aliphatic carbocycles. The maximum atomic E-state index is 11.4. The smallest absolute Gasteiger partial charge is 0.346 e. The van der Waals surface area contributed by atoms with Gasteiger partial charge in [0, 0.05) is 11.9 Å². The largest absolute Gasteiger partial charge is 0.465 e. The summed E-state index contributed by atoms with van der Waals surface area (Å²) in [4.78, 5) is 22.8. The average molecular weight is 265 g/mol. The molecule has 0 aliphatic rings. The van der Waals surface area contributed by atoms with Crippen molar-refractivity contribution in [2.75, 3.05) is 19.5 Å². The summed E-state index contributed by atoms with van der Waals surface area (Å²) in [6, 6.07) is 6.89. The van der Waals surface area contributed by atoms with Gasteiger partial charge in [0.1, 0.15) is 0 Å². The number of aliphatic hydroxyl groups is 1. The van der Waals surface area contributed by atoms with Crippen molar-refractivity contribution in [1.29, 1.82) is 0 Å². The standard InChI is InChI=1S/C13H15NO5/c1-18-12(16)11(13(17)19-2)7-14-10-5-3-4-9(6-10)8-15/h3-7,14-15H,8H2,1-2H3. The van der Waals surface area contributed by atoms with Crippen molar-refractivity contribution in [3.63, 3.8) is 0 Å². The van der Waals surface area contributed by atoms with Gasteiger partial charge in [-0.2, -0.15) is 0 Å². The SMILES string of the molecule is COC(=O)C(=CNc1cccc(CO)c1)C(=O)OC. The van der Waals surface area contributed by atoms with Crippen molar-refractivity contribution in [3.05, 3.63) is 41.6 Å². The fourth-order valence-electron chi connectivity index (χ4n) is 1.34. The van der Waals surface area contributed by atoms with Gasteiger partial charge in [0.25, 0.3) is 0 Å². The normalized spacial score (nSPS) is 9.42. The summed E-state index contributed by atoms with van der Waals surface area (Å²) in [5, 5.41) is 11.8. The summed E-state index contributed by atoms with van der Waals surface area (Å²) in [7, 11) is 2.34. The second kappa shape index (κ2) is 7.17. The maximum Gasteiger partial charge on any atom is 0.346 e. The zero-order chi connectivity index (χ0) is 14.3. The summed E-state index contributed by atoms with van der Waals surface area (Å²) in [5.41, 5.74) is 1.08. The number of anilines is 1. The van der Waals surface area contributed by atoms with Crippen LogP contribution in [0.1, 0.15) is 5.56 Å². The molecule has 0 saturated carbocycles. The van der Waals surface area contributed by atoms with E-state index in [-0.39, 0.29) is 12.2 Å². The second-order valence-corrected chi connectivity index (χ2v) is 3.54. The first-order chi connectivity index (χ1) is 9.12. The number of aliphatic hydroxyl groups excluding tert-OH is 1. The van der Waals surface area contributed by atoms with Crippen LogP contribution in [0.2, 0.25) is 0 Å². The fourth-order valence-corrected chi connectivity index (χ4v) is 1.34. The summed E-state index contributed by atoms with van der Waals surface area (Å²) in [5.74, 6) is -1.59. The molecule has 0 saturated heterocycles. The third-order valence-corrected chi connectivity index (χ3v) is 2.30. The lowest BCUT2D eigenvalue weighted by molar-refractivity contribution is -0.144. The number of hydrogen-bond acceptors (Lipinski definition) is 6. The Morgan fingerprint density at radius 1 is 1.26 bits per heavy atom. The zero-order valence-corrected chi connectivity index (χ0v) is 10.7. The molecular weight excluding hydrogens is 250 g/mol. The van der Waals surface area contributed by atoms with Gasteiger partial charge in [0.05, 0.1) is 20.8 Å². The Balaban J connectivity index is 2.91. The highest BCUT2D eigenvalue weighted by molar-refractivity contribution is 6.14. The molecule has 0 amide bonds. The maximum absolute atomic E-state index is 11.4. The molecule has 0 spiro atoms. The van der Waals surface area contributed by atoms with Crippen molar-refractivity contribution in [1.82, 2.24) is 0 Å². The van der Waals surface area contributed by atoms with E-state index in [1.54, 1.807) is 24.3 Å². The molecule has 6 nitrogen and oxygen atoms in total. The van der Waals surface area contributed by atoms with Crippen molar-refractivity contribution in [3.8, 4) is 0 Å². The van der Waals surface area contributed by atoms with E-state index < -0.39 is 11.9 Å². The number of rotatable bonds is 5. The predicted octanol–water partition coefficient (Wildman–Crippen LogP) is 0.821. The highest BCUT2D eigenvalue weighted by Gasteiger charge is 2.19. The molecule has 1 aromatic carbocycles. The number of carbonyl (C=O) groups excluding carboxylic acids is 2. The summed E-state index contributed by atoms with van der Waals surface area (Å²) >= 11 is 0. The molecule has 0 radical (unpaired) electrons. The van der Waals surface area contributed by atoms with Crippen LogP contribution in [0.15, 0.2) is 36.0 Å². The van der Waals surface area contributed by atoms with Crippen LogP contribution in [0.25, 0.3) is 0 Å². The molecule has 6 heteroatoms. The minimum absolute atomic E-state index is 0.0971. The van der Waals surface area contributed by atoms with Gasteiger partial charge in [-0.05, 0) is 17.7 Å². The monoisotopic (exact) mass is 265 g/mol. The molecule has 2 N–H and O–H groups in total. The Labute approximate surface area is 110 Å². The Bertz CT molecular complexity index is 478. The van der Waals surface area contributed by atoms with E-state index in [2.05, 4.69) is 14.8 Å². The molecule has 19 heavy (non-hydrogen) atoms. The van der Waals surface area contributed by atoms with Crippen LogP contribution in [-0.4, -0.2) is 31.3 Å². The molecule has 0 aliphatic heterocycles. The van der Waals surface area contributed by atoms with Gasteiger partial charge in [0.15, 0.2) is 5.57 Å². The molecule has 0 fully saturated rings. The van der Waals surface area contributed by atoms with Gasteiger partial charge in [-0.15, -0.1) is 0 Å². The number of methoxy groups -OCH3 is 2. The van der Waals surface area contributed by atoms with Gasteiger partial charge in [-0.3, -0.25) is 0 Å². The van der Waals surface area contributed by atoms with E-state index in [4.69, 9.17) is 5.11 Å². The topological polar surface area (TPSA) is 84.9 Å². The molecule has 102 valence electrons. The zero-order valence-electron chi connectivity index (χ0n) is 10.7. The number of carbonyl (C=O) groups is 2. The Kier molecular flexibility index (Phi) is 5.56. The first-order valence-corrected chi connectivity index (χ1v) is 5.45. The van der Waals surface area contributed by atoms with Crippen LogP contribution in [0, 0.1) is 0 Å². The minimum atomic E-state index is -0.794. The number of ether oxygens (including phenoxy) is 2. The van der Waals surface area contributed by atoms with Crippen LogP contribution >= 0.6 is 0 Å². The van der Waals surface area contributed by atoms with Crippen LogP contribution < -0.4 is 5.32 Å². The first-order valence-electron chi connectivity index (χ1n) is 5.45. The molecule has 0 atom stereocenters. The van der Waals surface area contributed by atoms with Crippen LogP contribution in [0.4, 0.5) is 5.69 Å². The van der Waals surface area contributed by atoms with Crippen molar-refractivity contribution in [2.45, 2.75) is 6.61 Å². The molecule has 0 unspecified atom stereocenters. The molecular formula is C13H15NO5. The highest BCUT2D eigenvalue weighted by Crippen LogP contribution is 2.11. The van der Waals surface area contributed by atoms with E-state index in [0.29, 0.717) is 11.3 Å². The van der Waals surface area contributed by atoms with E-state index in [1.165, 1.54) is 20.4 Å². The molecule has 1 rings (SSSR count). The number of esters is 2. The van der Waals surface area contributed by atoms with Crippen LogP contribution in [0.5, 0.6) is 0 Å². The number of hydrogen-bond donors (Lipinski definition) is 2. The van der Waals surface area contributed by atoms with Crippen molar-refractivity contribution in [2.24, 2.45) is 0 Å². The summed E-state index contributed by atoms with van der Waals surface area (Å²) in [6.45, 7) is -0.0971. The predicted molar refractivity (Wildman–Crippen MR) is 68.1 cm³/mol. The molecule has 0 aromatic heterocycles. The van der Waals surface area contributed by atoms with Gasteiger partial charge >= 0.3 is 11.9 Å². The molecule has 1 aromatic rings. The van der Waals surface area contributed by atoms with E-state index in [9.17, 15) is 9.59 Å². The van der Waals surface area contributed by atoms with E-state index in [1.807, 2.05) is 0 Å². The quantitative estimate of drug-likeness (QED) is 0.355. The Hall–Kier alpha value is -2.34. The van der Waals surface area contributed by atoms with Gasteiger partial charge in [-0.1, -0.05) is 12.1 Å². The second-order valence-electron chi connectivity index (χ2n) is 3.54. The highest BCUT2D eigenvalue weighted by atomic mass is 16.5. The number of benzene rings is 1. The van der Waals surface area contributed by atoms with Gasteiger partial charge in [0.2, 0.25) is 0 Å². The van der Waals surface area contributed by atoms with E-state index in [0.717, 1.165) is 0 Å². The van der Waals surface area contributed by atoms with Crippen molar-refractivity contribution < 1.29 is 24.2 Å². The molecule has 0 heterocycles. The van der Waals surface area contributed by atoms with Crippen LogP contribution in [0.3, 0.4) is 0 Å². The Morgan fingerprint density at radius 3 is 2.42 bits per heavy atom. The van der Waals surface area contributed by atoms with Crippen molar-refractivity contribution >= 4 is 17.6 Å². The third kappa shape index (κ3) is 4.11. The lowest BCUT2D eigenvalue weighted by Crippen LogP contribution is -2.17. The first kappa shape index (κ1) is 14.7. The van der Waals surface area contributed by atoms with Gasteiger partial charge < -0.3 is 19.9 Å². The van der Waals surface area contributed by atoms with Gasteiger partial charge in [-0.25, -0.2) is 9.59 Å². The lowest BCUT2D eigenvalue weighted by Gasteiger charge is -2.06. The summed E-state index contributed by atoms with van der Waals surface area (Å²) in [6.07, 6.45) is 1.20. The number of nitrogens with one attached hydrogen (secondary N) is 1.